The molecule has 0 aromatic carbocycles. The van der Waals surface area contributed by atoms with Gasteiger partial charge in [-0.3, -0.25) is 14.2 Å². The molecule has 2 unspecified atom stereocenters. The van der Waals surface area contributed by atoms with Crippen molar-refractivity contribution in [2.45, 2.75) is 225 Å². The predicted molar refractivity (Wildman–Crippen MR) is 268 cm³/mol. The zero-order chi connectivity index (χ0) is 47.1. The van der Waals surface area contributed by atoms with Crippen molar-refractivity contribution >= 4 is 19.8 Å². The van der Waals surface area contributed by atoms with Gasteiger partial charge in [0, 0.05) is 12.8 Å². The Morgan fingerprint density at radius 1 is 0.500 bits per heavy atom. The second-order valence-corrected chi connectivity index (χ2v) is 19.9. The lowest BCUT2D eigenvalue weighted by molar-refractivity contribution is -0.870. The molecule has 10 heteroatoms. The normalized spacial score (nSPS) is 13.9. The molecule has 0 saturated carbocycles. The zero-order valence-electron chi connectivity index (χ0n) is 42.0. The first-order valence-corrected chi connectivity index (χ1v) is 27.5. The maximum atomic E-state index is 12.7. The number of allylic oxidation sites excluding steroid dienone is 10. The highest BCUT2D eigenvalue weighted by Crippen LogP contribution is 2.38. The summed E-state index contributed by atoms with van der Waals surface area (Å²) in [4.78, 5) is 37.7. The van der Waals surface area contributed by atoms with Gasteiger partial charge in [-0.25, -0.2) is 0 Å². The number of likely N-dealkylation sites (N-methyl/N-ethyl adjacent to an activating group) is 1. The summed E-state index contributed by atoms with van der Waals surface area (Å²) in [6, 6.07) is 0. The monoisotopic (exact) mass is 920 g/mol. The summed E-state index contributed by atoms with van der Waals surface area (Å²) in [5.74, 6) is -0.867. The van der Waals surface area contributed by atoms with Crippen molar-refractivity contribution in [3.63, 3.8) is 0 Å². The molecule has 64 heavy (non-hydrogen) atoms. The molecule has 2 atom stereocenters. The van der Waals surface area contributed by atoms with Crippen molar-refractivity contribution in [3.8, 4) is 0 Å². The van der Waals surface area contributed by atoms with E-state index < -0.39 is 32.5 Å². The van der Waals surface area contributed by atoms with Gasteiger partial charge in [0.05, 0.1) is 27.7 Å². The third-order valence-electron chi connectivity index (χ3n) is 11.1. The van der Waals surface area contributed by atoms with Crippen LogP contribution in [0.1, 0.15) is 219 Å². The van der Waals surface area contributed by atoms with Crippen LogP contribution in [0.3, 0.4) is 0 Å². The quantitative estimate of drug-likeness (QED) is 0.0195. The number of carbonyl (C=O) groups excluding carboxylic acids is 2. The van der Waals surface area contributed by atoms with Crippen LogP contribution in [0.4, 0.5) is 0 Å². The number of hydrogen-bond acceptors (Lipinski definition) is 8. The average molecular weight is 920 g/mol. The van der Waals surface area contributed by atoms with Crippen molar-refractivity contribution in [2.75, 3.05) is 47.5 Å². The lowest BCUT2D eigenvalue weighted by atomic mass is 10.0. The molecule has 0 aromatic heterocycles. The third kappa shape index (κ3) is 49.2. The van der Waals surface area contributed by atoms with E-state index in [1.54, 1.807) is 0 Å². The van der Waals surface area contributed by atoms with Crippen LogP contribution in [0.5, 0.6) is 0 Å². The highest BCUT2D eigenvalue weighted by molar-refractivity contribution is 7.45. The number of unbranched alkanes of at least 4 members (excludes halogenated alkanes) is 23. The third-order valence-corrected chi connectivity index (χ3v) is 12.0. The van der Waals surface area contributed by atoms with Crippen LogP contribution >= 0.6 is 7.82 Å². The van der Waals surface area contributed by atoms with Gasteiger partial charge >= 0.3 is 11.9 Å². The van der Waals surface area contributed by atoms with Crippen LogP contribution in [-0.2, 0) is 32.7 Å². The van der Waals surface area contributed by atoms with Crippen molar-refractivity contribution < 1.29 is 42.1 Å². The summed E-state index contributed by atoms with van der Waals surface area (Å²) in [5, 5.41) is 0. The van der Waals surface area contributed by atoms with Crippen LogP contribution in [0, 0.1) is 0 Å². The van der Waals surface area contributed by atoms with Crippen LogP contribution < -0.4 is 4.89 Å². The lowest BCUT2D eigenvalue weighted by Gasteiger charge is -2.28. The topological polar surface area (TPSA) is 111 Å². The number of hydrogen-bond donors (Lipinski definition) is 0. The van der Waals surface area contributed by atoms with E-state index in [4.69, 9.17) is 18.5 Å². The lowest BCUT2D eigenvalue weighted by Crippen LogP contribution is -2.37. The van der Waals surface area contributed by atoms with Crippen LogP contribution in [0.25, 0.3) is 0 Å². The van der Waals surface area contributed by atoms with E-state index in [-0.39, 0.29) is 26.1 Å². The fourth-order valence-corrected chi connectivity index (χ4v) is 7.76. The van der Waals surface area contributed by atoms with Crippen LogP contribution in [-0.4, -0.2) is 70.0 Å². The van der Waals surface area contributed by atoms with Gasteiger partial charge in [-0.2, -0.15) is 0 Å². The molecule has 0 rings (SSSR count). The summed E-state index contributed by atoms with van der Waals surface area (Å²) < 4.78 is 34.0. The van der Waals surface area contributed by atoms with E-state index in [9.17, 15) is 19.0 Å². The maximum Gasteiger partial charge on any atom is 0.306 e. The molecular formula is C54H98NO8P. The molecule has 0 aliphatic rings. The van der Waals surface area contributed by atoms with Gasteiger partial charge in [0.25, 0.3) is 7.82 Å². The molecule has 9 nitrogen and oxygen atoms in total. The van der Waals surface area contributed by atoms with Gasteiger partial charge in [-0.1, -0.05) is 209 Å². The minimum atomic E-state index is -4.64. The van der Waals surface area contributed by atoms with Crippen LogP contribution in [0.2, 0.25) is 0 Å². The number of ether oxygens (including phenoxy) is 2. The van der Waals surface area contributed by atoms with E-state index in [0.717, 1.165) is 70.6 Å². The number of carbonyl (C=O) groups is 2. The molecule has 0 fully saturated rings. The number of nitrogens with zero attached hydrogens (tertiary/aromatic N) is 1. The average Bonchev–Trinajstić information content (AvgIpc) is 3.25. The SMILES string of the molecule is CC/C=C\C/C=C\C/C=C\C/C=C\C/C=C\CCCCCC(=O)OC(COC(=O)CCCCCCCCCCCCCCCCCCCCCCC)COP(=O)([O-])OCC[N+](C)(C)C. The smallest absolute Gasteiger partial charge is 0.306 e. The van der Waals surface area contributed by atoms with Gasteiger partial charge in [-0.05, 0) is 57.8 Å². The minimum Gasteiger partial charge on any atom is -0.756 e. The van der Waals surface area contributed by atoms with Crippen molar-refractivity contribution in [3.05, 3.63) is 60.8 Å². The van der Waals surface area contributed by atoms with Crippen molar-refractivity contribution in [2.24, 2.45) is 0 Å². The molecule has 0 spiro atoms. The van der Waals surface area contributed by atoms with Crippen LogP contribution in [0.15, 0.2) is 60.8 Å². The Labute approximate surface area is 394 Å². The Bertz CT molecular complexity index is 1270. The van der Waals surface area contributed by atoms with Gasteiger partial charge in [0.1, 0.15) is 19.8 Å². The van der Waals surface area contributed by atoms with E-state index in [2.05, 4.69) is 74.6 Å². The first-order chi connectivity index (χ1) is 31.0. The molecule has 0 N–H and O–H groups in total. The van der Waals surface area contributed by atoms with Gasteiger partial charge in [0.15, 0.2) is 6.10 Å². The summed E-state index contributed by atoms with van der Waals surface area (Å²) >= 11 is 0. The standard InChI is InChI=1S/C54H98NO8P/c1-6-8-10-12-14-16-18-20-22-24-26-27-29-30-32-34-36-38-40-42-44-46-53(56)60-50-52(51-62-64(58,59)61-49-48-55(3,4)5)63-54(57)47-45-43-41-39-37-35-33-31-28-25-23-21-19-17-15-13-11-9-7-2/h9,11,15,17,21,23,28,31,35,37,52H,6-8,10,12-14,16,18-20,22,24-27,29-30,32-34,36,38-51H2,1-5H3/b11-9-,17-15-,23-21-,31-28-,37-35-. The fourth-order valence-electron chi connectivity index (χ4n) is 7.04. The molecule has 372 valence electrons. The van der Waals surface area contributed by atoms with E-state index >= 15 is 0 Å². The van der Waals surface area contributed by atoms with Gasteiger partial charge in [0.2, 0.25) is 0 Å². The largest absolute Gasteiger partial charge is 0.756 e. The minimum absolute atomic E-state index is 0.0388. The first-order valence-electron chi connectivity index (χ1n) is 26.0. The molecule has 0 aromatic rings. The summed E-state index contributed by atoms with van der Waals surface area (Å²) in [6.07, 6.45) is 56.8. The van der Waals surface area contributed by atoms with E-state index in [1.807, 2.05) is 21.1 Å². The number of rotatable bonds is 47. The Morgan fingerprint density at radius 2 is 0.891 bits per heavy atom. The number of esters is 2. The van der Waals surface area contributed by atoms with Gasteiger partial charge < -0.3 is 27.9 Å². The van der Waals surface area contributed by atoms with Gasteiger partial charge in [-0.15, -0.1) is 0 Å². The Kier molecular flexibility index (Phi) is 44.2. The van der Waals surface area contributed by atoms with E-state index in [1.165, 1.54) is 116 Å². The summed E-state index contributed by atoms with van der Waals surface area (Å²) in [6.45, 7) is 4.10. The number of quaternary nitrogens is 1. The number of phosphoric acid groups is 1. The summed E-state index contributed by atoms with van der Waals surface area (Å²) in [7, 11) is 1.14. The van der Waals surface area contributed by atoms with Crippen molar-refractivity contribution in [1.82, 2.24) is 0 Å². The molecule has 0 aliphatic heterocycles. The Hall–Kier alpha value is -2.29. The van der Waals surface area contributed by atoms with E-state index in [0.29, 0.717) is 17.4 Å². The zero-order valence-corrected chi connectivity index (χ0v) is 42.9. The Balaban J connectivity index is 4.28. The molecular weight excluding hydrogens is 822 g/mol. The van der Waals surface area contributed by atoms with Crippen molar-refractivity contribution in [1.29, 1.82) is 0 Å². The molecule has 0 saturated heterocycles. The molecule has 0 aliphatic carbocycles. The molecule has 0 heterocycles. The Morgan fingerprint density at radius 3 is 1.33 bits per heavy atom. The second kappa shape index (κ2) is 45.8. The molecule has 0 bridgehead atoms. The second-order valence-electron chi connectivity index (χ2n) is 18.5. The predicted octanol–water partition coefficient (Wildman–Crippen LogP) is 15.0. The highest BCUT2D eigenvalue weighted by Gasteiger charge is 2.21. The maximum absolute atomic E-state index is 12.7. The molecule has 0 amide bonds. The highest BCUT2D eigenvalue weighted by atomic mass is 31.2. The first kappa shape index (κ1) is 61.7. The number of phosphoric ester groups is 1. The fraction of sp³-hybridized carbons (Fsp3) is 0.778. The molecule has 0 radical (unpaired) electrons. The summed E-state index contributed by atoms with van der Waals surface area (Å²) in [5.41, 5.74) is 0.